The molecule has 0 saturated heterocycles. The van der Waals surface area contributed by atoms with E-state index < -0.39 is 15.4 Å². The predicted octanol–water partition coefficient (Wildman–Crippen LogP) is 0.758. The van der Waals surface area contributed by atoms with Crippen LogP contribution < -0.4 is 19.8 Å². The third-order valence-electron chi connectivity index (χ3n) is 4.61. The van der Waals surface area contributed by atoms with Crippen molar-refractivity contribution in [2.45, 2.75) is 24.7 Å². The van der Waals surface area contributed by atoms with E-state index in [2.05, 4.69) is 14.9 Å². The van der Waals surface area contributed by atoms with Gasteiger partial charge in [-0.05, 0) is 24.1 Å². The first-order valence-corrected chi connectivity index (χ1v) is 10.5. The molecule has 0 atom stereocenters. The zero-order valence-electron chi connectivity index (χ0n) is 16.2. The number of ether oxygens (including phenoxy) is 3. The van der Waals surface area contributed by atoms with Crippen molar-refractivity contribution in [3.05, 3.63) is 39.3 Å². The Morgan fingerprint density at radius 1 is 1.14 bits per heavy atom. The van der Waals surface area contributed by atoms with E-state index in [-0.39, 0.29) is 5.16 Å². The molecule has 152 valence electrons. The van der Waals surface area contributed by atoms with Crippen LogP contribution in [-0.2, 0) is 29.3 Å². The molecule has 1 aliphatic rings. The van der Waals surface area contributed by atoms with E-state index in [4.69, 9.17) is 14.2 Å². The Kier molecular flexibility index (Phi) is 5.61. The maximum absolute atomic E-state index is 12.2. The average Bonchev–Trinajstić information content (AvgIpc) is 2.66. The molecule has 2 aromatic rings. The normalized spacial score (nSPS) is 14.4. The van der Waals surface area contributed by atoms with Gasteiger partial charge in [-0.1, -0.05) is 0 Å². The van der Waals surface area contributed by atoms with E-state index in [1.54, 1.807) is 21.3 Å². The summed E-state index contributed by atoms with van der Waals surface area (Å²) in [6.07, 6.45) is 1.51. The standard InChI is InChI=1S/C18H23N3O6S/c1-25-14-7-11(8-15(26-2)16(14)27-3)9-21-6-5-12-13(10-21)19-18(20-17(12)22)28(4,23)24/h7-8H,5-6,9-10H2,1-4H3,(H,19,20,22). The summed E-state index contributed by atoms with van der Waals surface area (Å²) in [5, 5.41) is -0.300. The Morgan fingerprint density at radius 3 is 2.32 bits per heavy atom. The monoisotopic (exact) mass is 409 g/mol. The van der Waals surface area contributed by atoms with Crippen molar-refractivity contribution < 1.29 is 22.6 Å². The topological polar surface area (TPSA) is 111 Å². The number of aromatic nitrogens is 2. The second-order valence-electron chi connectivity index (χ2n) is 6.56. The molecule has 0 fully saturated rings. The van der Waals surface area contributed by atoms with Gasteiger partial charge in [0.2, 0.25) is 20.7 Å². The van der Waals surface area contributed by atoms with Gasteiger partial charge in [-0.2, -0.15) is 0 Å². The summed E-state index contributed by atoms with van der Waals surface area (Å²) in [6, 6.07) is 3.73. The molecular weight excluding hydrogens is 386 g/mol. The second kappa shape index (κ2) is 7.80. The van der Waals surface area contributed by atoms with Crippen LogP contribution in [0.5, 0.6) is 17.2 Å². The molecule has 28 heavy (non-hydrogen) atoms. The van der Waals surface area contributed by atoms with E-state index in [9.17, 15) is 13.2 Å². The minimum Gasteiger partial charge on any atom is -0.493 e. The van der Waals surface area contributed by atoms with E-state index in [0.717, 1.165) is 11.8 Å². The Hall–Kier alpha value is -2.59. The van der Waals surface area contributed by atoms with Crippen LogP contribution in [0.3, 0.4) is 0 Å². The zero-order chi connectivity index (χ0) is 20.5. The van der Waals surface area contributed by atoms with E-state index in [0.29, 0.717) is 54.6 Å². The molecule has 1 aromatic carbocycles. The first kappa shape index (κ1) is 20.2. The minimum atomic E-state index is -3.59. The molecule has 0 spiro atoms. The van der Waals surface area contributed by atoms with E-state index in [1.165, 1.54) is 0 Å². The van der Waals surface area contributed by atoms with Gasteiger partial charge < -0.3 is 14.2 Å². The summed E-state index contributed by atoms with van der Waals surface area (Å²) >= 11 is 0. The Morgan fingerprint density at radius 2 is 1.79 bits per heavy atom. The van der Waals surface area contributed by atoms with Gasteiger partial charge in [0.15, 0.2) is 11.5 Å². The van der Waals surface area contributed by atoms with Gasteiger partial charge in [0, 0.05) is 31.5 Å². The van der Waals surface area contributed by atoms with Gasteiger partial charge in [-0.25, -0.2) is 13.4 Å². The molecular formula is C18H23N3O6S. The van der Waals surface area contributed by atoms with Gasteiger partial charge >= 0.3 is 0 Å². The fourth-order valence-electron chi connectivity index (χ4n) is 3.27. The van der Waals surface area contributed by atoms with Gasteiger partial charge in [0.1, 0.15) is 0 Å². The fraction of sp³-hybridized carbons (Fsp3) is 0.444. The molecule has 0 amide bonds. The van der Waals surface area contributed by atoms with Crippen LogP contribution in [0, 0.1) is 0 Å². The summed E-state index contributed by atoms with van der Waals surface area (Å²) in [7, 11) is 1.07. The highest BCUT2D eigenvalue weighted by atomic mass is 32.2. The molecule has 0 saturated carbocycles. The molecule has 10 heteroatoms. The minimum absolute atomic E-state index is 0.300. The maximum atomic E-state index is 12.2. The van der Waals surface area contributed by atoms with Crippen molar-refractivity contribution in [1.29, 1.82) is 0 Å². The fourth-order valence-corrected chi connectivity index (χ4v) is 3.82. The maximum Gasteiger partial charge on any atom is 0.255 e. The highest BCUT2D eigenvalue weighted by Gasteiger charge is 2.24. The Labute approximate surface area is 163 Å². The number of sulfone groups is 1. The van der Waals surface area contributed by atoms with E-state index >= 15 is 0 Å². The quantitative estimate of drug-likeness (QED) is 0.696. The first-order valence-electron chi connectivity index (χ1n) is 8.60. The molecule has 0 aliphatic carbocycles. The number of nitrogens with zero attached hydrogens (tertiary/aromatic N) is 2. The number of hydrogen-bond donors (Lipinski definition) is 1. The zero-order valence-corrected chi connectivity index (χ0v) is 17.1. The smallest absolute Gasteiger partial charge is 0.255 e. The largest absolute Gasteiger partial charge is 0.493 e. The van der Waals surface area contributed by atoms with Gasteiger partial charge in [-0.15, -0.1) is 0 Å². The van der Waals surface area contributed by atoms with Crippen LogP contribution in [-0.4, -0.2) is 57.4 Å². The molecule has 0 radical (unpaired) electrons. The summed E-state index contributed by atoms with van der Waals surface area (Å²) in [4.78, 5) is 20.8. The number of methoxy groups -OCH3 is 3. The lowest BCUT2D eigenvalue weighted by Crippen LogP contribution is -2.35. The van der Waals surface area contributed by atoms with Crippen molar-refractivity contribution >= 4 is 9.84 Å². The van der Waals surface area contributed by atoms with Crippen LogP contribution in [0.4, 0.5) is 0 Å². The second-order valence-corrected chi connectivity index (χ2v) is 8.49. The lowest BCUT2D eigenvalue weighted by Gasteiger charge is -2.28. The number of H-pyrrole nitrogens is 1. The molecule has 1 aromatic heterocycles. The van der Waals surface area contributed by atoms with E-state index in [1.807, 2.05) is 12.1 Å². The Bertz CT molecular complexity index is 1020. The number of aromatic amines is 1. The number of fused-ring (bicyclic) bond motifs is 1. The Balaban J connectivity index is 1.89. The third-order valence-corrected chi connectivity index (χ3v) is 5.51. The average molecular weight is 409 g/mol. The molecule has 0 unspecified atom stereocenters. The van der Waals surface area contributed by atoms with Crippen molar-refractivity contribution in [2.24, 2.45) is 0 Å². The number of rotatable bonds is 6. The van der Waals surface area contributed by atoms with Gasteiger partial charge in [0.25, 0.3) is 5.56 Å². The number of nitrogens with one attached hydrogen (secondary N) is 1. The van der Waals surface area contributed by atoms with Crippen molar-refractivity contribution in [1.82, 2.24) is 14.9 Å². The lowest BCUT2D eigenvalue weighted by molar-refractivity contribution is 0.238. The van der Waals surface area contributed by atoms with Crippen LogP contribution in [0.2, 0.25) is 0 Å². The summed E-state index contributed by atoms with van der Waals surface area (Å²) in [5.74, 6) is 1.63. The van der Waals surface area contributed by atoms with Crippen LogP contribution in [0.15, 0.2) is 22.1 Å². The molecule has 1 N–H and O–H groups in total. The van der Waals surface area contributed by atoms with Crippen molar-refractivity contribution in [3.8, 4) is 17.2 Å². The molecule has 3 rings (SSSR count). The molecule has 1 aliphatic heterocycles. The van der Waals surface area contributed by atoms with Crippen molar-refractivity contribution in [2.75, 3.05) is 34.1 Å². The summed E-state index contributed by atoms with van der Waals surface area (Å²) in [6.45, 7) is 1.57. The SMILES string of the molecule is COc1cc(CN2CCc3c(nc(S(C)(=O)=O)[nH]c3=O)C2)cc(OC)c1OC. The van der Waals surface area contributed by atoms with Gasteiger partial charge in [-0.3, -0.25) is 14.7 Å². The predicted molar refractivity (Wildman–Crippen MR) is 102 cm³/mol. The number of benzene rings is 1. The van der Waals surface area contributed by atoms with Crippen molar-refractivity contribution in [3.63, 3.8) is 0 Å². The van der Waals surface area contributed by atoms with Crippen LogP contribution in [0.1, 0.15) is 16.8 Å². The summed E-state index contributed by atoms with van der Waals surface area (Å²) in [5.41, 5.74) is 1.57. The number of hydrogen-bond acceptors (Lipinski definition) is 8. The molecule has 2 heterocycles. The van der Waals surface area contributed by atoms with Gasteiger partial charge in [0.05, 0.1) is 27.0 Å². The first-order chi connectivity index (χ1) is 13.3. The summed E-state index contributed by atoms with van der Waals surface area (Å²) < 4.78 is 39.6. The highest BCUT2D eigenvalue weighted by Crippen LogP contribution is 2.38. The highest BCUT2D eigenvalue weighted by molar-refractivity contribution is 7.90. The lowest BCUT2D eigenvalue weighted by atomic mass is 10.1. The van der Waals surface area contributed by atoms with Crippen LogP contribution in [0.25, 0.3) is 0 Å². The molecule has 9 nitrogen and oxygen atoms in total. The third kappa shape index (κ3) is 3.97. The molecule has 0 bridgehead atoms. The van der Waals surface area contributed by atoms with Crippen LogP contribution >= 0.6 is 0 Å².